The number of rotatable bonds is 6. The number of likely N-dealkylation sites (tertiary alicyclic amines) is 1. The summed E-state index contributed by atoms with van der Waals surface area (Å²) in [6.07, 6.45) is 4.06. The van der Waals surface area contributed by atoms with E-state index < -0.39 is 0 Å². The Hall–Kier alpha value is -1.73. The molecular formula is C18H27N5OS. The van der Waals surface area contributed by atoms with Crippen LogP contribution in [0.1, 0.15) is 53.0 Å². The van der Waals surface area contributed by atoms with Crippen molar-refractivity contribution in [1.29, 1.82) is 0 Å². The largest absolute Gasteiger partial charge is 0.338 e. The van der Waals surface area contributed by atoms with Crippen LogP contribution in [0.3, 0.4) is 0 Å². The molecule has 7 heteroatoms. The van der Waals surface area contributed by atoms with Crippen molar-refractivity contribution >= 4 is 17.2 Å². The molecule has 136 valence electrons. The van der Waals surface area contributed by atoms with Crippen molar-refractivity contribution < 1.29 is 4.79 Å². The lowest BCUT2D eigenvalue weighted by molar-refractivity contribution is 0.0767. The van der Waals surface area contributed by atoms with Crippen molar-refractivity contribution in [3.63, 3.8) is 0 Å². The summed E-state index contributed by atoms with van der Waals surface area (Å²) in [4.78, 5) is 19.4. The highest BCUT2D eigenvalue weighted by atomic mass is 32.1. The summed E-state index contributed by atoms with van der Waals surface area (Å²) in [5.74, 6) is -0.0297. The fourth-order valence-electron chi connectivity index (χ4n) is 3.41. The van der Waals surface area contributed by atoms with Gasteiger partial charge in [0.05, 0.1) is 12.2 Å². The van der Waals surface area contributed by atoms with E-state index in [0.29, 0.717) is 24.8 Å². The van der Waals surface area contributed by atoms with Gasteiger partial charge in [0.15, 0.2) is 5.69 Å². The third-order valence-corrected chi connectivity index (χ3v) is 5.80. The lowest BCUT2D eigenvalue weighted by Crippen LogP contribution is -2.36. The molecule has 0 aliphatic carbocycles. The topological polar surface area (TPSA) is 54.3 Å². The molecule has 0 N–H and O–H groups in total. The highest BCUT2D eigenvalue weighted by molar-refractivity contribution is 7.11. The quantitative estimate of drug-likeness (QED) is 0.794. The maximum atomic E-state index is 12.4. The Kier molecular flexibility index (Phi) is 5.86. The molecular weight excluding hydrogens is 334 g/mol. The second-order valence-electron chi connectivity index (χ2n) is 6.60. The van der Waals surface area contributed by atoms with Gasteiger partial charge in [0, 0.05) is 35.9 Å². The molecule has 1 aliphatic rings. The summed E-state index contributed by atoms with van der Waals surface area (Å²) in [6, 6.07) is 4.70. The molecule has 1 fully saturated rings. The summed E-state index contributed by atoms with van der Waals surface area (Å²) in [7, 11) is 0. The van der Waals surface area contributed by atoms with Gasteiger partial charge in [-0.1, -0.05) is 5.21 Å². The van der Waals surface area contributed by atoms with Crippen LogP contribution in [0.15, 0.2) is 18.3 Å². The number of hydrogen-bond donors (Lipinski definition) is 0. The van der Waals surface area contributed by atoms with Crippen LogP contribution in [0.5, 0.6) is 0 Å². The van der Waals surface area contributed by atoms with Crippen LogP contribution in [0.2, 0.25) is 0 Å². The zero-order valence-corrected chi connectivity index (χ0v) is 16.1. The third kappa shape index (κ3) is 4.27. The smallest absolute Gasteiger partial charge is 0.276 e. The van der Waals surface area contributed by atoms with Gasteiger partial charge in [0.25, 0.3) is 5.91 Å². The van der Waals surface area contributed by atoms with E-state index in [0.717, 1.165) is 32.5 Å². The zero-order valence-electron chi connectivity index (χ0n) is 15.3. The van der Waals surface area contributed by atoms with E-state index in [1.54, 1.807) is 4.90 Å². The van der Waals surface area contributed by atoms with Gasteiger partial charge in [0.1, 0.15) is 0 Å². The van der Waals surface area contributed by atoms with Gasteiger partial charge in [-0.2, -0.15) is 0 Å². The average molecular weight is 362 g/mol. The SMILES string of the molecule is CCN(CC)C(=O)c1cn([C@H]2CCCN(Cc3ccc(C)s3)C2)nn1. The fourth-order valence-corrected chi connectivity index (χ4v) is 4.34. The number of nitrogens with zero attached hydrogens (tertiary/aromatic N) is 5. The van der Waals surface area contributed by atoms with Crippen LogP contribution in [-0.4, -0.2) is 56.9 Å². The number of carbonyl (C=O) groups is 1. The minimum Gasteiger partial charge on any atom is -0.338 e. The first-order valence-corrected chi connectivity index (χ1v) is 9.91. The van der Waals surface area contributed by atoms with E-state index in [1.165, 1.54) is 9.75 Å². The van der Waals surface area contributed by atoms with Gasteiger partial charge in [-0.15, -0.1) is 16.4 Å². The van der Waals surface area contributed by atoms with Crippen molar-refractivity contribution in [2.24, 2.45) is 0 Å². The van der Waals surface area contributed by atoms with Gasteiger partial charge in [-0.05, 0) is 52.3 Å². The van der Waals surface area contributed by atoms with Crippen LogP contribution in [0.25, 0.3) is 0 Å². The first kappa shape index (κ1) is 18.1. The highest BCUT2D eigenvalue weighted by Crippen LogP contribution is 2.24. The molecule has 1 saturated heterocycles. The Morgan fingerprint density at radius 2 is 2.16 bits per heavy atom. The highest BCUT2D eigenvalue weighted by Gasteiger charge is 2.24. The maximum absolute atomic E-state index is 12.4. The Bertz CT molecular complexity index is 706. The second-order valence-corrected chi connectivity index (χ2v) is 7.98. The fraction of sp³-hybridized carbons (Fsp3) is 0.611. The summed E-state index contributed by atoms with van der Waals surface area (Å²) >= 11 is 1.87. The van der Waals surface area contributed by atoms with Crippen LogP contribution in [0.4, 0.5) is 0 Å². The molecule has 3 heterocycles. The van der Waals surface area contributed by atoms with Crippen LogP contribution < -0.4 is 0 Å². The number of aryl methyl sites for hydroxylation is 1. The normalized spacial score (nSPS) is 18.4. The zero-order chi connectivity index (χ0) is 17.8. The molecule has 1 aliphatic heterocycles. The van der Waals surface area contributed by atoms with Crippen molar-refractivity contribution in [3.05, 3.63) is 33.8 Å². The molecule has 0 radical (unpaired) electrons. The van der Waals surface area contributed by atoms with Crippen LogP contribution in [-0.2, 0) is 6.54 Å². The third-order valence-electron chi connectivity index (χ3n) is 4.81. The molecule has 1 amide bonds. The van der Waals surface area contributed by atoms with Gasteiger partial charge in [-0.3, -0.25) is 9.69 Å². The van der Waals surface area contributed by atoms with Crippen molar-refractivity contribution in [2.45, 2.75) is 46.2 Å². The van der Waals surface area contributed by atoms with E-state index in [9.17, 15) is 4.79 Å². The Morgan fingerprint density at radius 1 is 1.36 bits per heavy atom. The van der Waals surface area contributed by atoms with Crippen molar-refractivity contribution in [3.8, 4) is 0 Å². The minimum absolute atomic E-state index is 0.0297. The van der Waals surface area contributed by atoms with E-state index in [-0.39, 0.29) is 5.91 Å². The first-order valence-electron chi connectivity index (χ1n) is 9.09. The summed E-state index contributed by atoms with van der Waals surface area (Å²) in [6.45, 7) is 10.6. The molecule has 3 rings (SSSR count). The minimum atomic E-state index is -0.0297. The Balaban J connectivity index is 1.64. The Morgan fingerprint density at radius 3 is 2.84 bits per heavy atom. The van der Waals surface area contributed by atoms with Gasteiger partial charge < -0.3 is 4.90 Å². The predicted octanol–water partition coefficient (Wildman–Crippen LogP) is 2.97. The van der Waals surface area contributed by atoms with Gasteiger partial charge in [-0.25, -0.2) is 4.68 Å². The maximum Gasteiger partial charge on any atom is 0.276 e. The first-order chi connectivity index (χ1) is 12.1. The number of amides is 1. The van der Waals surface area contributed by atoms with Crippen LogP contribution >= 0.6 is 11.3 Å². The molecule has 0 aromatic carbocycles. The molecule has 0 bridgehead atoms. The molecule has 1 atom stereocenters. The monoisotopic (exact) mass is 361 g/mol. The molecule has 25 heavy (non-hydrogen) atoms. The number of carbonyl (C=O) groups excluding carboxylic acids is 1. The molecule has 6 nitrogen and oxygen atoms in total. The lowest BCUT2D eigenvalue weighted by Gasteiger charge is -2.32. The number of hydrogen-bond acceptors (Lipinski definition) is 5. The summed E-state index contributed by atoms with van der Waals surface area (Å²) in [5, 5.41) is 8.38. The van der Waals surface area contributed by atoms with Gasteiger partial charge >= 0.3 is 0 Å². The molecule has 0 unspecified atom stereocenters. The van der Waals surface area contributed by atoms with Gasteiger partial charge in [0.2, 0.25) is 0 Å². The number of thiophene rings is 1. The van der Waals surface area contributed by atoms with E-state index in [4.69, 9.17) is 0 Å². The Labute approximate surface area is 153 Å². The summed E-state index contributed by atoms with van der Waals surface area (Å²) in [5.41, 5.74) is 0.453. The molecule has 0 spiro atoms. The van der Waals surface area contributed by atoms with E-state index in [1.807, 2.05) is 36.1 Å². The predicted molar refractivity (Wildman–Crippen MR) is 99.9 cm³/mol. The lowest BCUT2D eigenvalue weighted by atomic mass is 10.1. The van der Waals surface area contributed by atoms with E-state index >= 15 is 0 Å². The summed E-state index contributed by atoms with van der Waals surface area (Å²) < 4.78 is 1.89. The van der Waals surface area contributed by atoms with Crippen molar-refractivity contribution in [1.82, 2.24) is 24.8 Å². The van der Waals surface area contributed by atoms with Crippen molar-refractivity contribution in [2.75, 3.05) is 26.2 Å². The molecule has 2 aromatic rings. The second kappa shape index (κ2) is 8.10. The standard InChI is InChI=1S/C18H27N5OS/c1-4-22(5-2)18(24)17-13-23(20-19-17)15-7-6-10-21(11-15)12-16-9-8-14(3)25-16/h8-9,13,15H,4-7,10-12H2,1-3H3/t15-/m0/s1. The van der Waals surface area contributed by atoms with Crippen LogP contribution in [0, 0.1) is 6.92 Å². The number of aromatic nitrogens is 3. The average Bonchev–Trinajstić information content (AvgIpc) is 3.25. The number of piperidine rings is 1. The molecule has 2 aromatic heterocycles. The van der Waals surface area contributed by atoms with E-state index in [2.05, 4.69) is 34.3 Å². The molecule has 0 saturated carbocycles.